The van der Waals surface area contributed by atoms with Crippen LogP contribution in [0.3, 0.4) is 0 Å². The van der Waals surface area contributed by atoms with Gasteiger partial charge in [-0.15, -0.1) is 0 Å². The molecule has 0 saturated carbocycles. The highest BCUT2D eigenvalue weighted by Crippen LogP contribution is 2.26. The van der Waals surface area contributed by atoms with Gasteiger partial charge in [-0.1, -0.05) is 59.9 Å². The van der Waals surface area contributed by atoms with Gasteiger partial charge in [0.2, 0.25) is 0 Å². The lowest BCUT2D eigenvalue weighted by atomic mass is 9.99. The number of halogens is 3. The Hall–Kier alpha value is -0.730. The van der Waals surface area contributed by atoms with Crippen LogP contribution in [0, 0.1) is 0 Å². The standard InChI is InChI=1S/C16H16Cl3N/c1-2-20-16(12-4-3-5-13(17)10-12)9-11-6-7-14(18)15(19)8-11/h3-8,10,16,20H,2,9H2,1H3. The predicted molar refractivity (Wildman–Crippen MR) is 88.0 cm³/mol. The minimum Gasteiger partial charge on any atom is -0.310 e. The Bertz CT molecular complexity index is 584. The van der Waals surface area contributed by atoms with E-state index in [1.54, 1.807) is 0 Å². The molecule has 0 radical (unpaired) electrons. The molecule has 0 fully saturated rings. The molecule has 0 spiro atoms. The molecule has 0 amide bonds. The number of hydrogen-bond acceptors (Lipinski definition) is 1. The van der Waals surface area contributed by atoms with Crippen LogP contribution in [-0.2, 0) is 6.42 Å². The van der Waals surface area contributed by atoms with E-state index in [0.29, 0.717) is 10.0 Å². The molecule has 1 nitrogen and oxygen atoms in total. The molecule has 0 saturated heterocycles. The van der Waals surface area contributed by atoms with Gasteiger partial charge < -0.3 is 5.32 Å². The number of hydrogen-bond donors (Lipinski definition) is 1. The second-order valence-corrected chi connectivity index (χ2v) is 5.87. The monoisotopic (exact) mass is 327 g/mol. The smallest absolute Gasteiger partial charge is 0.0595 e. The SMILES string of the molecule is CCNC(Cc1ccc(Cl)c(Cl)c1)c1cccc(Cl)c1. The number of likely N-dealkylation sites (N-methyl/N-ethyl adjacent to an activating group) is 1. The van der Waals surface area contributed by atoms with Gasteiger partial charge in [-0.05, 0) is 48.4 Å². The first kappa shape index (κ1) is 15.7. The lowest BCUT2D eigenvalue weighted by Crippen LogP contribution is -2.22. The van der Waals surface area contributed by atoms with Gasteiger partial charge >= 0.3 is 0 Å². The summed E-state index contributed by atoms with van der Waals surface area (Å²) in [5, 5.41) is 5.39. The minimum absolute atomic E-state index is 0.205. The number of rotatable bonds is 5. The van der Waals surface area contributed by atoms with Crippen molar-refractivity contribution in [3.05, 3.63) is 68.7 Å². The largest absolute Gasteiger partial charge is 0.310 e. The molecule has 1 N–H and O–H groups in total. The van der Waals surface area contributed by atoms with Crippen molar-refractivity contribution in [2.45, 2.75) is 19.4 Å². The van der Waals surface area contributed by atoms with E-state index in [2.05, 4.69) is 18.3 Å². The van der Waals surface area contributed by atoms with Crippen molar-refractivity contribution in [2.75, 3.05) is 6.54 Å². The third-order valence-electron chi connectivity index (χ3n) is 3.13. The highest BCUT2D eigenvalue weighted by atomic mass is 35.5. The van der Waals surface area contributed by atoms with E-state index < -0.39 is 0 Å². The Labute approximate surface area is 134 Å². The van der Waals surface area contributed by atoms with E-state index in [-0.39, 0.29) is 6.04 Å². The summed E-state index contributed by atoms with van der Waals surface area (Å²) in [6.45, 7) is 2.98. The van der Waals surface area contributed by atoms with Crippen molar-refractivity contribution < 1.29 is 0 Å². The molecule has 20 heavy (non-hydrogen) atoms. The van der Waals surface area contributed by atoms with Gasteiger partial charge in [0.1, 0.15) is 0 Å². The fraction of sp³-hybridized carbons (Fsp3) is 0.250. The molecule has 4 heteroatoms. The molecule has 0 aliphatic carbocycles. The zero-order chi connectivity index (χ0) is 14.5. The molecular weight excluding hydrogens is 313 g/mol. The third-order valence-corrected chi connectivity index (χ3v) is 4.10. The van der Waals surface area contributed by atoms with Crippen LogP contribution in [0.15, 0.2) is 42.5 Å². The zero-order valence-electron chi connectivity index (χ0n) is 11.2. The summed E-state index contributed by atoms with van der Waals surface area (Å²) < 4.78 is 0. The van der Waals surface area contributed by atoms with Crippen molar-refractivity contribution in [1.82, 2.24) is 5.32 Å². The Morgan fingerprint density at radius 2 is 1.80 bits per heavy atom. The van der Waals surface area contributed by atoms with Crippen molar-refractivity contribution >= 4 is 34.8 Å². The van der Waals surface area contributed by atoms with Gasteiger partial charge in [0.05, 0.1) is 10.0 Å². The Morgan fingerprint density at radius 1 is 1.00 bits per heavy atom. The fourth-order valence-electron chi connectivity index (χ4n) is 2.18. The Morgan fingerprint density at radius 3 is 2.45 bits per heavy atom. The highest BCUT2D eigenvalue weighted by Gasteiger charge is 2.12. The summed E-state index contributed by atoms with van der Waals surface area (Å²) in [5.74, 6) is 0. The van der Waals surface area contributed by atoms with Gasteiger partial charge in [0.25, 0.3) is 0 Å². The fourth-order valence-corrected chi connectivity index (χ4v) is 2.70. The molecule has 0 aliphatic heterocycles. The Kier molecular flexibility index (Phi) is 5.74. The topological polar surface area (TPSA) is 12.0 Å². The maximum absolute atomic E-state index is 6.07. The van der Waals surface area contributed by atoms with Crippen LogP contribution in [-0.4, -0.2) is 6.54 Å². The first-order valence-electron chi connectivity index (χ1n) is 6.53. The molecule has 0 aliphatic rings. The third kappa shape index (κ3) is 4.13. The van der Waals surface area contributed by atoms with Crippen LogP contribution in [0.5, 0.6) is 0 Å². The summed E-state index contributed by atoms with van der Waals surface area (Å²) in [6, 6.07) is 13.9. The maximum Gasteiger partial charge on any atom is 0.0595 e. The van der Waals surface area contributed by atoms with Gasteiger partial charge in [-0.3, -0.25) is 0 Å². The van der Waals surface area contributed by atoms with Gasteiger partial charge in [-0.25, -0.2) is 0 Å². The van der Waals surface area contributed by atoms with E-state index in [1.807, 2.05) is 36.4 Å². The molecule has 2 aromatic rings. The van der Waals surface area contributed by atoms with Crippen molar-refractivity contribution in [2.24, 2.45) is 0 Å². The summed E-state index contributed by atoms with van der Waals surface area (Å²) >= 11 is 18.1. The molecule has 2 aromatic carbocycles. The summed E-state index contributed by atoms with van der Waals surface area (Å²) in [6.07, 6.45) is 0.838. The average molecular weight is 329 g/mol. The molecule has 2 rings (SSSR count). The van der Waals surface area contributed by atoms with Crippen LogP contribution in [0.25, 0.3) is 0 Å². The second kappa shape index (κ2) is 7.33. The van der Waals surface area contributed by atoms with E-state index in [0.717, 1.165) is 23.6 Å². The summed E-state index contributed by atoms with van der Waals surface area (Å²) in [4.78, 5) is 0. The molecule has 0 aromatic heterocycles. The Balaban J connectivity index is 2.22. The molecule has 1 unspecified atom stereocenters. The minimum atomic E-state index is 0.205. The highest BCUT2D eigenvalue weighted by molar-refractivity contribution is 6.42. The molecule has 0 bridgehead atoms. The van der Waals surface area contributed by atoms with Crippen LogP contribution in [0.1, 0.15) is 24.1 Å². The van der Waals surface area contributed by atoms with E-state index in [1.165, 1.54) is 5.56 Å². The zero-order valence-corrected chi connectivity index (χ0v) is 13.4. The molecule has 106 valence electrons. The van der Waals surface area contributed by atoms with E-state index in [9.17, 15) is 0 Å². The van der Waals surface area contributed by atoms with Crippen LogP contribution < -0.4 is 5.32 Å². The number of benzene rings is 2. The lowest BCUT2D eigenvalue weighted by molar-refractivity contribution is 0.550. The van der Waals surface area contributed by atoms with Gasteiger partial charge in [0, 0.05) is 11.1 Å². The van der Waals surface area contributed by atoms with Gasteiger partial charge in [0.15, 0.2) is 0 Å². The lowest BCUT2D eigenvalue weighted by Gasteiger charge is -2.19. The van der Waals surface area contributed by atoms with Crippen molar-refractivity contribution in [3.8, 4) is 0 Å². The van der Waals surface area contributed by atoms with Crippen molar-refractivity contribution in [3.63, 3.8) is 0 Å². The summed E-state index contributed by atoms with van der Waals surface area (Å²) in [7, 11) is 0. The van der Waals surface area contributed by atoms with E-state index in [4.69, 9.17) is 34.8 Å². The van der Waals surface area contributed by atoms with Crippen molar-refractivity contribution in [1.29, 1.82) is 0 Å². The average Bonchev–Trinajstić information content (AvgIpc) is 2.42. The predicted octanol–water partition coefficient (Wildman–Crippen LogP) is 5.54. The van der Waals surface area contributed by atoms with Gasteiger partial charge in [-0.2, -0.15) is 0 Å². The molecular formula is C16H16Cl3N. The molecule has 0 heterocycles. The quantitative estimate of drug-likeness (QED) is 0.760. The number of nitrogens with one attached hydrogen (secondary N) is 1. The van der Waals surface area contributed by atoms with E-state index >= 15 is 0 Å². The maximum atomic E-state index is 6.07. The van der Waals surface area contributed by atoms with Crippen LogP contribution in [0.4, 0.5) is 0 Å². The second-order valence-electron chi connectivity index (χ2n) is 4.62. The first-order chi connectivity index (χ1) is 9.60. The normalized spacial score (nSPS) is 12.4. The summed E-state index contributed by atoms with van der Waals surface area (Å²) in [5.41, 5.74) is 2.32. The van der Waals surface area contributed by atoms with Crippen LogP contribution >= 0.6 is 34.8 Å². The first-order valence-corrected chi connectivity index (χ1v) is 7.66. The van der Waals surface area contributed by atoms with Crippen LogP contribution in [0.2, 0.25) is 15.1 Å². The molecule has 1 atom stereocenters.